The second-order valence-corrected chi connectivity index (χ2v) is 6.05. The first kappa shape index (κ1) is 15.2. The van der Waals surface area contributed by atoms with Gasteiger partial charge in [-0.25, -0.2) is 0 Å². The molecule has 3 aromatic rings. The van der Waals surface area contributed by atoms with Gasteiger partial charge < -0.3 is 0 Å². The molecule has 0 amide bonds. The number of hydrogen-bond donors (Lipinski definition) is 0. The molecule has 23 heavy (non-hydrogen) atoms. The summed E-state index contributed by atoms with van der Waals surface area (Å²) in [6.45, 7) is 6.39. The monoisotopic (exact) mass is 300 g/mol. The highest BCUT2D eigenvalue weighted by Gasteiger charge is 2.10. The summed E-state index contributed by atoms with van der Waals surface area (Å²) in [5.74, 6) is 0.0644. The summed E-state index contributed by atoms with van der Waals surface area (Å²) in [5, 5.41) is 0. The van der Waals surface area contributed by atoms with Gasteiger partial charge in [0.2, 0.25) is 0 Å². The van der Waals surface area contributed by atoms with Gasteiger partial charge in [-0.15, -0.1) is 0 Å². The number of rotatable bonds is 3. The largest absolute Gasteiger partial charge is 0.289 e. The highest BCUT2D eigenvalue weighted by atomic mass is 16.1. The lowest BCUT2D eigenvalue weighted by Crippen LogP contribution is -2.00. The molecule has 0 spiro atoms. The average molecular weight is 300 g/mol. The SMILES string of the molecule is Cc1cc(C)c(-c2ccc(C(=O)c3ccccc3)cc2)c(C)c1. The minimum atomic E-state index is 0.0644. The van der Waals surface area contributed by atoms with E-state index >= 15 is 0 Å². The van der Waals surface area contributed by atoms with Gasteiger partial charge in [0.05, 0.1) is 0 Å². The van der Waals surface area contributed by atoms with E-state index in [-0.39, 0.29) is 5.78 Å². The molecule has 0 saturated carbocycles. The molecule has 0 radical (unpaired) electrons. The molecular weight excluding hydrogens is 280 g/mol. The first-order valence-corrected chi connectivity index (χ1v) is 7.84. The van der Waals surface area contributed by atoms with Gasteiger partial charge in [-0.3, -0.25) is 4.79 Å². The molecule has 0 unspecified atom stereocenters. The molecule has 1 heteroatoms. The Kier molecular flexibility index (Phi) is 4.12. The van der Waals surface area contributed by atoms with Gasteiger partial charge in [0.1, 0.15) is 0 Å². The lowest BCUT2D eigenvalue weighted by molar-refractivity contribution is 0.103. The summed E-state index contributed by atoms with van der Waals surface area (Å²) >= 11 is 0. The molecule has 0 aromatic heterocycles. The lowest BCUT2D eigenvalue weighted by atomic mass is 9.92. The van der Waals surface area contributed by atoms with Crippen molar-refractivity contribution in [1.82, 2.24) is 0 Å². The second-order valence-electron chi connectivity index (χ2n) is 6.05. The first-order chi connectivity index (χ1) is 11.1. The van der Waals surface area contributed by atoms with E-state index in [4.69, 9.17) is 0 Å². The summed E-state index contributed by atoms with van der Waals surface area (Å²) in [6, 6.07) is 21.7. The van der Waals surface area contributed by atoms with E-state index in [1.54, 1.807) is 0 Å². The van der Waals surface area contributed by atoms with Crippen LogP contribution in [0.3, 0.4) is 0 Å². The summed E-state index contributed by atoms with van der Waals surface area (Å²) in [4.78, 5) is 12.5. The van der Waals surface area contributed by atoms with Crippen molar-refractivity contribution in [3.05, 3.63) is 94.5 Å². The van der Waals surface area contributed by atoms with Gasteiger partial charge in [-0.1, -0.05) is 72.3 Å². The molecule has 0 bridgehead atoms. The van der Waals surface area contributed by atoms with Gasteiger partial charge in [0.25, 0.3) is 0 Å². The van der Waals surface area contributed by atoms with Gasteiger partial charge in [0.15, 0.2) is 5.78 Å². The predicted octanol–water partition coefficient (Wildman–Crippen LogP) is 5.51. The molecule has 114 valence electrons. The van der Waals surface area contributed by atoms with E-state index in [1.807, 2.05) is 54.6 Å². The topological polar surface area (TPSA) is 17.1 Å². The summed E-state index contributed by atoms with van der Waals surface area (Å²) in [5.41, 5.74) is 7.68. The maximum absolute atomic E-state index is 12.5. The Balaban J connectivity index is 1.96. The molecule has 0 fully saturated rings. The number of carbonyl (C=O) groups is 1. The van der Waals surface area contributed by atoms with E-state index in [0.717, 1.165) is 16.7 Å². The van der Waals surface area contributed by atoms with E-state index in [0.29, 0.717) is 0 Å². The zero-order valence-corrected chi connectivity index (χ0v) is 13.8. The molecule has 3 rings (SSSR count). The maximum Gasteiger partial charge on any atom is 0.193 e. The van der Waals surface area contributed by atoms with Gasteiger partial charge in [0, 0.05) is 11.1 Å². The van der Waals surface area contributed by atoms with Gasteiger partial charge in [-0.05, 0) is 43.0 Å². The summed E-state index contributed by atoms with van der Waals surface area (Å²) in [6.07, 6.45) is 0. The normalized spacial score (nSPS) is 10.6. The lowest BCUT2D eigenvalue weighted by Gasteiger charge is -2.12. The number of benzene rings is 3. The average Bonchev–Trinajstić information content (AvgIpc) is 2.55. The van der Waals surface area contributed by atoms with Crippen molar-refractivity contribution in [2.75, 3.05) is 0 Å². The molecule has 0 heterocycles. The molecule has 0 aliphatic carbocycles. The Morgan fingerprint density at radius 2 is 1.22 bits per heavy atom. The van der Waals surface area contributed by atoms with Crippen molar-refractivity contribution < 1.29 is 4.79 Å². The Bertz CT molecular complexity index is 820. The standard InChI is InChI=1S/C22H20O/c1-15-13-16(2)21(17(3)14-15)18-9-11-20(12-10-18)22(23)19-7-5-4-6-8-19/h4-14H,1-3H3. The fourth-order valence-corrected chi connectivity index (χ4v) is 3.18. The van der Waals surface area contributed by atoms with E-state index < -0.39 is 0 Å². The summed E-state index contributed by atoms with van der Waals surface area (Å²) in [7, 11) is 0. The summed E-state index contributed by atoms with van der Waals surface area (Å²) < 4.78 is 0. The van der Waals surface area contributed by atoms with Crippen LogP contribution < -0.4 is 0 Å². The molecule has 0 atom stereocenters. The number of ketones is 1. The predicted molar refractivity (Wildman–Crippen MR) is 96.0 cm³/mol. The molecule has 0 aliphatic heterocycles. The molecule has 0 N–H and O–H groups in total. The first-order valence-electron chi connectivity index (χ1n) is 7.84. The molecule has 0 saturated heterocycles. The fraction of sp³-hybridized carbons (Fsp3) is 0.136. The highest BCUT2D eigenvalue weighted by molar-refractivity contribution is 6.09. The van der Waals surface area contributed by atoms with Crippen LogP contribution in [0.1, 0.15) is 32.6 Å². The van der Waals surface area contributed by atoms with Crippen molar-refractivity contribution in [3.63, 3.8) is 0 Å². The minimum Gasteiger partial charge on any atom is -0.289 e. The molecule has 0 aliphatic rings. The van der Waals surface area contributed by atoms with Crippen LogP contribution in [0.2, 0.25) is 0 Å². The van der Waals surface area contributed by atoms with Crippen LogP contribution in [0, 0.1) is 20.8 Å². The smallest absolute Gasteiger partial charge is 0.193 e. The Morgan fingerprint density at radius 1 is 0.696 bits per heavy atom. The quantitative estimate of drug-likeness (QED) is 0.583. The third-order valence-electron chi connectivity index (χ3n) is 4.15. The van der Waals surface area contributed by atoms with Crippen molar-refractivity contribution >= 4 is 5.78 Å². The molecule has 3 aromatic carbocycles. The van der Waals surface area contributed by atoms with E-state index in [1.165, 1.54) is 22.3 Å². The molecular formula is C22H20O. The van der Waals surface area contributed by atoms with Crippen LogP contribution in [0.25, 0.3) is 11.1 Å². The van der Waals surface area contributed by atoms with Crippen molar-refractivity contribution in [2.24, 2.45) is 0 Å². The Morgan fingerprint density at radius 3 is 1.78 bits per heavy atom. The maximum atomic E-state index is 12.5. The van der Waals surface area contributed by atoms with Crippen LogP contribution in [-0.4, -0.2) is 5.78 Å². The second kappa shape index (κ2) is 6.21. The van der Waals surface area contributed by atoms with Crippen LogP contribution in [0.5, 0.6) is 0 Å². The van der Waals surface area contributed by atoms with Crippen LogP contribution in [-0.2, 0) is 0 Å². The minimum absolute atomic E-state index is 0.0644. The zero-order valence-electron chi connectivity index (χ0n) is 13.8. The third-order valence-corrected chi connectivity index (χ3v) is 4.15. The fourth-order valence-electron chi connectivity index (χ4n) is 3.18. The van der Waals surface area contributed by atoms with Crippen LogP contribution in [0.15, 0.2) is 66.7 Å². The third kappa shape index (κ3) is 3.09. The van der Waals surface area contributed by atoms with Gasteiger partial charge in [-0.2, -0.15) is 0 Å². The highest BCUT2D eigenvalue weighted by Crippen LogP contribution is 2.28. The van der Waals surface area contributed by atoms with E-state index in [2.05, 4.69) is 32.9 Å². The molecule has 1 nitrogen and oxygen atoms in total. The Hall–Kier alpha value is -2.67. The zero-order chi connectivity index (χ0) is 16.4. The number of aryl methyl sites for hydroxylation is 3. The van der Waals surface area contributed by atoms with Crippen molar-refractivity contribution in [2.45, 2.75) is 20.8 Å². The number of carbonyl (C=O) groups excluding carboxylic acids is 1. The van der Waals surface area contributed by atoms with Crippen LogP contribution >= 0.6 is 0 Å². The van der Waals surface area contributed by atoms with E-state index in [9.17, 15) is 4.79 Å². The van der Waals surface area contributed by atoms with Crippen LogP contribution in [0.4, 0.5) is 0 Å². The van der Waals surface area contributed by atoms with Crippen molar-refractivity contribution in [1.29, 1.82) is 0 Å². The van der Waals surface area contributed by atoms with Crippen molar-refractivity contribution in [3.8, 4) is 11.1 Å². The van der Waals surface area contributed by atoms with Gasteiger partial charge >= 0.3 is 0 Å². The Labute approximate surface area is 137 Å². The number of hydrogen-bond acceptors (Lipinski definition) is 1.